The minimum atomic E-state index is -3.91. The number of ether oxygens (including phenoxy) is 2. The van der Waals surface area contributed by atoms with Crippen molar-refractivity contribution in [1.29, 1.82) is 0 Å². The molecule has 19 heavy (non-hydrogen) atoms. The molecule has 0 saturated heterocycles. The van der Waals surface area contributed by atoms with Crippen LogP contribution in [0.5, 0.6) is 0 Å². The van der Waals surface area contributed by atoms with Crippen LogP contribution in [0.2, 0.25) is 0 Å². The van der Waals surface area contributed by atoms with Gasteiger partial charge in [-0.3, -0.25) is 9.59 Å². The van der Waals surface area contributed by atoms with Gasteiger partial charge in [-0.2, -0.15) is 0 Å². The molecule has 0 fully saturated rings. The largest absolute Gasteiger partial charge is 0.466 e. The summed E-state index contributed by atoms with van der Waals surface area (Å²) in [5, 5.41) is 17.9. The lowest BCUT2D eigenvalue weighted by Crippen LogP contribution is -2.46. The van der Waals surface area contributed by atoms with Crippen molar-refractivity contribution in [2.24, 2.45) is 5.92 Å². The molecule has 0 heterocycles. The summed E-state index contributed by atoms with van der Waals surface area (Å²) in [5.74, 6) is -7.75. The lowest BCUT2D eigenvalue weighted by molar-refractivity contribution is -0.183. The molecule has 0 aliphatic heterocycles. The highest BCUT2D eigenvalue weighted by molar-refractivity contribution is 5.80. The predicted octanol–water partition coefficient (Wildman–Crippen LogP) is 0.107. The van der Waals surface area contributed by atoms with Gasteiger partial charge >= 0.3 is 11.9 Å². The van der Waals surface area contributed by atoms with E-state index in [1.54, 1.807) is 0 Å². The van der Waals surface area contributed by atoms with Crippen molar-refractivity contribution in [2.75, 3.05) is 19.8 Å². The number of halogens is 2. The highest BCUT2D eigenvalue weighted by Gasteiger charge is 2.47. The van der Waals surface area contributed by atoms with Crippen LogP contribution >= 0.6 is 0 Å². The summed E-state index contributed by atoms with van der Waals surface area (Å²) in [5.41, 5.74) is 0. The minimum Gasteiger partial charge on any atom is -0.466 e. The van der Waals surface area contributed by atoms with E-state index in [0.717, 1.165) is 0 Å². The van der Waals surface area contributed by atoms with Crippen LogP contribution in [-0.2, 0) is 19.1 Å². The average molecular weight is 284 g/mol. The number of hydrogen-bond acceptors (Lipinski definition) is 6. The van der Waals surface area contributed by atoms with Crippen molar-refractivity contribution in [3.63, 3.8) is 0 Å². The van der Waals surface area contributed by atoms with E-state index in [2.05, 4.69) is 9.47 Å². The van der Waals surface area contributed by atoms with Crippen LogP contribution in [0.4, 0.5) is 8.78 Å². The van der Waals surface area contributed by atoms with Crippen molar-refractivity contribution >= 4 is 11.9 Å². The number of aliphatic hydroxyl groups excluding tert-OH is 2. The molecule has 0 saturated carbocycles. The quantitative estimate of drug-likeness (QED) is 0.614. The topological polar surface area (TPSA) is 93.1 Å². The van der Waals surface area contributed by atoms with E-state index in [0.29, 0.717) is 0 Å². The molecule has 0 aromatic rings. The Morgan fingerprint density at radius 1 is 1.21 bits per heavy atom. The van der Waals surface area contributed by atoms with Gasteiger partial charge in [0.05, 0.1) is 25.6 Å². The molecular weight excluding hydrogens is 266 g/mol. The molecule has 0 aliphatic carbocycles. The van der Waals surface area contributed by atoms with Gasteiger partial charge in [0.1, 0.15) is 12.7 Å². The Labute approximate surface area is 109 Å². The summed E-state index contributed by atoms with van der Waals surface area (Å²) in [6.07, 6.45) is -3.27. The first-order valence-electron chi connectivity index (χ1n) is 5.79. The van der Waals surface area contributed by atoms with E-state index in [1.165, 1.54) is 13.8 Å². The van der Waals surface area contributed by atoms with Gasteiger partial charge in [0.25, 0.3) is 5.92 Å². The van der Waals surface area contributed by atoms with Gasteiger partial charge < -0.3 is 19.7 Å². The highest BCUT2D eigenvalue weighted by atomic mass is 19.3. The van der Waals surface area contributed by atoms with Crippen LogP contribution in [-0.4, -0.2) is 54.0 Å². The van der Waals surface area contributed by atoms with Gasteiger partial charge in [0.15, 0.2) is 0 Å². The van der Waals surface area contributed by atoms with Gasteiger partial charge in [-0.25, -0.2) is 8.78 Å². The van der Waals surface area contributed by atoms with Crippen molar-refractivity contribution in [2.45, 2.75) is 32.3 Å². The molecule has 0 amide bonds. The summed E-state index contributed by atoms with van der Waals surface area (Å²) in [4.78, 5) is 22.7. The molecule has 6 nitrogen and oxygen atoms in total. The van der Waals surface area contributed by atoms with Gasteiger partial charge in [-0.05, 0) is 13.8 Å². The maximum absolute atomic E-state index is 13.2. The van der Waals surface area contributed by atoms with Gasteiger partial charge in [-0.15, -0.1) is 0 Å². The Bertz CT molecular complexity index is 308. The second kappa shape index (κ2) is 8.00. The summed E-state index contributed by atoms with van der Waals surface area (Å²) in [7, 11) is 0. The smallest absolute Gasteiger partial charge is 0.312 e. The molecule has 0 spiro atoms. The van der Waals surface area contributed by atoms with Crippen molar-refractivity contribution in [3.8, 4) is 0 Å². The van der Waals surface area contributed by atoms with Crippen molar-refractivity contribution in [1.82, 2.24) is 0 Å². The summed E-state index contributed by atoms with van der Waals surface area (Å²) in [6.45, 7) is 1.25. The number of rotatable bonds is 8. The van der Waals surface area contributed by atoms with Crippen LogP contribution in [0, 0.1) is 5.92 Å². The third-order valence-corrected chi connectivity index (χ3v) is 2.31. The minimum absolute atomic E-state index is 0.0147. The molecule has 2 atom stereocenters. The Kier molecular flexibility index (Phi) is 7.47. The Morgan fingerprint density at radius 3 is 2.16 bits per heavy atom. The molecule has 2 N–H and O–H groups in total. The van der Waals surface area contributed by atoms with Crippen LogP contribution in [0.15, 0.2) is 0 Å². The number of esters is 2. The number of hydrogen-bond donors (Lipinski definition) is 2. The normalized spacial score (nSPS) is 14.6. The summed E-state index contributed by atoms with van der Waals surface area (Å²) >= 11 is 0. The Morgan fingerprint density at radius 2 is 1.74 bits per heavy atom. The number of alkyl halides is 2. The molecule has 0 radical (unpaired) electrons. The van der Waals surface area contributed by atoms with Crippen molar-refractivity contribution in [3.05, 3.63) is 0 Å². The molecular formula is C11H18F2O6. The lowest BCUT2D eigenvalue weighted by Gasteiger charge is -2.26. The monoisotopic (exact) mass is 284 g/mol. The van der Waals surface area contributed by atoms with E-state index in [1.807, 2.05) is 0 Å². The van der Waals surface area contributed by atoms with Crippen LogP contribution in [0.25, 0.3) is 0 Å². The zero-order chi connectivity index (χ0) is 15.1. The average Bonchev–Trinajstić information content (AvgIpc) is 2.35. The Hall–Kier alpha value is -1.28. The number of carbonyl (C=O) groups excluding carboxylic acids is 2. The second-order valence-electron chi connectivity index (χ2n) is 3.73. The molecule has 112 valence electrons. The fourth-order valence-electron chi connectivity index (χ4n) is 1.36. The van der Waals surface area contributed by atoms with Gasteiger partial charge in [0.2, 0.25) is 0 Å². The summed E-state index contributed by atoms with van der Waals surface area (Å²) < 4.78 is 35.4. The molecule has 8 heteroatoms. The standard InChI is InChI=1S/C11H18F2O6/c1-3-18-8(15)5-7(10(17)19-4-2)9(16)11(12,13)6-14/h7,9,14,16H,3-6H2,1-2H3. The van der Waals surface area contributed by atoms with Crippen LogP contribution in [0.3, 0.4) is 0 Å². The molecule has 0 bridgehead atoms. The highest BCUT2D eigenvalue weighted by Crippen LogP contribution is 2.27. The van der Waals surface area contributed by atoms with Crippen LogP contribution < -0.4 is 0 Å². The zero-order valence-corrected chi connectivity index (χ0v) is 10.8. The van der Waals surface area contributed by atoms with E-state index in [9.17, 15) is 23.5 Å². The fraction of sp³-hybridized carbons (Fsp3) is 0.818. The first kappa shape index (κ1) is 17.7. The maximum Gasteiger partial charge on any atom is 0.312 e. The molecule has 0 aliphatic rings. The lowest BCUT2D eigenvalue weighted by atomic mass is 9.94. The van der Waals surface area contributed by atoms with E-state index in [-0.39, 0.29) is 13.2 Å². The van der Waals surface area contributed by atoms with Gasteiger partial charge in [-0.1, -0.05) is 0 Å². The zero-order valence-electron chi connectivity index (χ0n) is 10.8. The SMILES string of the molecule is CCOC(=O)CC(C(=O)OCC)C(O)C(F)(F)CO. The van der Waals surface area contributed by atoms with Crippen molar-refractivity contribution < 1.29 is 38.1 Å². The predicted molar refractivity (Wildman–Crippen MR) is 59.4 cm³/mol. The maximum atomic E-state index is 13.2. The first-order valence-corrected chi connectivity index (χ1v) is 5.79. The number of aliphatic hydroxyl groups is 2. The first-order chi connectivity index (χ1) is 8.80. The Balaban J connectivity index is 4.95. The molecule has 0 aromatic heterocycles. The molecule has 0 rings (SSSR count). The fourth-order valence-corrected chi connectivity index (χ4v) is 1.36. The van der Waals surface area contributed by atoms with E-state index < -0.39 is 42.9 Å². The second-order valence-corrected chi connectivity index (χ2v) is 3.73. The van der Waals surface area contributed by atoms with Gasteiger partial charge in [0, 0.05) is 0 Å². The molecule has 2 unspecified atom stereocenters. The van der Waals surface area contributed by atoms with Crippen LogP contribution in [0.1, 0.15) is 20.3 Å². The van der Waals surface area contributed by atoms with E-state index in [4.69, 9.17) is 5.11 Å². The third kappa shape index (κ3) is 5.48. The summed E-state index contributed by atoms with van der Waals surface area (Å²) in [6, 6.07) is 0. The number of carbonyl (C=O) groups is 2. The van der Waals surface area contributed by atoms with E-state index >= 15 is 0 Å². The third-order valence-electron chi connectivity index (χ3n) is 2.31. The molecule has 0 aromatic carbocycles.